The molecule has 0 spiro atoms. The summed E-state index contributed by atoms with van der Waals surface area (Å²) in [5, 5.41) is 3.40. The second kappa shape index (κ2) is 6.71. The lowest BCUT2D eigenvalue weighted by molar-refractivity contribution is 0.390. The van der Waals surface area contributed by atoms with Gasteiger partial charge in [0.05, 0.1) is 11.5 Å². The van der Waals surface area contributed by atoms with Gasteiger partial charge in [0.2, 0.25) is 0 Å². The van der Waals surface area contributed by atoms with Crippen molar-refractivity contribution in [3.63, 3.8) is 0 Å². The Morgan fingerprint density at radius 2 is 1.82 bits per heavy atom. The van der Waals surface area contributed by atoms with Gasteiger partial charge in [-0.1, -0.05) is 19.3 Å². The highest BCUT2D eigenvalue weighted by Gasteiger charge is 2.37. The SMILES string of the molecule is CC1(NCCCCCCCN)CCS(=O)(=O)C1. The van der Waals surface area contributed by atoms with Crippen LogP contribution in [0.4, 0.5) is 0 Å². The van der Waals surface area contributed by atoms with Crippen LogP contribution in [0.2, 0.25) is 0 Å². The molecule has 17 heavy (non-hydrogen) atoms. The van der Waals surface area contributed by atoms with Crippen LogP contribution >= 0.6 is 0 Å². The quantitative estimate of drug-likeness (QED) is 0.642. The zero-order valence-electron chi connectivity index (χ0n) is 10.9. The van der Waals surface area contributed by atoms with E-state index in [4.69, 9.17) is 5.73 Å². The highest BCUT2D eigenvalue weighted by Crippen LogP contribution is 2.22. The summed E-state index contributed by atoms with van der Waals surface area (Å²) >= 11 is 0. The molecule has 1 saturated heterocycles. The Hall–Kier alpha value is -0.130. The zero-order chi connectivity index (χ0) is 12.8. The number of rotatable bonds is 8. The van der Waals surface area contributed by atoms with Crippen molar-refractivity contribution in [3.05, 3.63) is 0 Å². The van der Waals surface area contributed by atoms with E-state index in [1.54, 1.807) is 0 Å². The van der Waals surface area contributed by atoms with Crippen LogP contribution in [-0.2, 0) is 9.84 Å². The van der Waals surface area contributed by atoms with Crippen LogP contribution in [0.15, 0.2) is 0 Å². The van der Waals surface area contributed by atoms with Crippen LogP contribution in [0, 0.1) is 0 Å². The molecule has 0 aromatic heterocycles. The molecule has 0 amide bonds. The minimum Gasteiger partial charge on any atom is -0.330 e. The van der Waals surface area contributed by atoms with Gasteiger partial charge in [-0.25, -0.2) is 8.42 Å². The van der Waals surface area contributed by atoms with Crippen LogP contribution in [0.5, 0.6) is 0 Å². The Morgan fingerprint density at radius 3 is 2.41 bits per heavy atom. The van der Waals surface area contributed by atoms with E-state index in [1.165, 1.54) is 19.3 Å². The first-order valence-corrected chi connectivity index (χ1v) is 8.45. The van der Waals surface area contributed by atoms with Gasteiger partial charge in [0, 0.05) is 5.54 Å². The Labute approximate surface area is 105 Å². The number of unbranched alkanes of at least 4 members (excludes halogenated alkanes) is 4. The molecule has 1 unspecified atom stereocenters. The molecule has 4 nitrogen and oxygen atoms in total. The zero-order valence-corrected chi connectivity index (χ0v) is 11.7. The molecule has 0 aromatic carbocycles. The monoisotopic (exact) mass is 262 g/mol. The number of hydrogen-bond acceptors (Lipinski definition) is 4. The summed E-state index contributed by atoms with van der Waals surface area (Å²) in [5.41, 5.74) is 5.24. The molecule has 1 aliphatic heterocycles. The predicted molar refractivity (Wildman–Crippen MR) is 71.8 cm³/mol. The molecule has 0 aliphatic carbocycles. The number of nitrogens with one attached hydrogen (secondary N) is 1. The molecule has 1 aliphatic rings. The van der Waals surface area contributed by atoms with Gasteiger partial charge >= 0.3 is 0 Å². The number of hydrogen-bond donors (Lipinski definition) is 2. The predicted octanol–water partition coefficient (Wildman–Crippen LogP) is 1.06. The van der Waals surface area contributed by atoms with E-state index in [1.807, 2.05) is 6.92 Å². The van der Waals surface area contributed by atoms with E-state index in [0.29, 0.717) is 11.5 Å². The van der Waals surface area contributed by atoms with Crippen molar-refractivity contribution < 1.29 is 8.42 Å². The molecule has 5 heteroatoms. The second-order valence-electron chi connectivity index (χ2n) is 5.39. The third-order valence-electron chi connectivity index (χ3n) is 3.44. The lowest BCUT2D eigenvalue weighted by atomic mass is 10.0. The fourth-order valence-electron chi connectivity index (χ4n) is 2.34. The van der Waals surface area contributed by atoms with Crippen molar-refractivity contribution in [1.29, 1.82) is 0 Å². The topological polar surface area (TPSA) is 72.2 Å². The lowest BCUT2D eigenvalue weighted by Gasteiger charge is -2.23. The molecule has 1 heterocycles. The first-order chi connectivity index (χ1) is 7.97. The molecule has 1 atom stereocenters. The second-order valence-corrected chi connectivity index (χ2v) is 7.57. The molecule has 3 N–H and O–H groups in total. The Bertz CT molecular complexity index is 316. The third kappa shape index (κ3) is 5.84. The van der Waals surface area contributed by atoms with Gasteiger partial charge in [-0.05, 0) is 39.3 Å². The molecule has 102 valence electrons. The van der Waals surface area contributed by atoms with E-state index in [-0.39, 0.29) is 5.54 Å². The third-order valence-corrected chi connectivity index (χ3v) is 5.34. The van der Waals surface area contributed by atoms with E-state index in [9.17, 15) is 8.42 Å². The minimum atomic E-state index is -2.79. The smallest absolute Gasteiger partial charge is 0.152 e. The summed E-state index contributed by atoms with van der Waals surface area (Å²) in [5.74, 6) is 0.639. The fourth-order valence-corrected chi connectivity index (χ4v) is 4.46. The van der Waals surface area contributed by atoms with E-state index >= 15 is 0 Å². The molecular weight excluding hydrogens is 236 g/mol. The number of sulfone groups is 1. The van der Waals surface area contributed by atoms with Gasteiger partial charge in [0.15, 0.2) is 9.84 Å². The normalized spacial score (nSPS) is 27.4. The summed E-state index contributed by atoms with van der Waals surface area (Å²) in [6.45, 7) is 3.73. The van der Waals surface area contributed by atoms with Crippen molar-refractivity contribution in [1.82, 2.24) is 5.32 Å². The lowest BCUT2D eigenvalue weighted by Crippen LogP contribution is -2.43. The minimum absolute atomic E-state index is 0.184. The van der Waals surface area contributed by atoms with Crippen LogP contribution in [-0.4, -0.2) is 38.6 Å². The first kappa shape index (κ1) is 14.9. The Kier molecular flexibility index (Phi) is 5.89. The highest BCUT2D eigenvalue weighted by molar-refractivity contribution is 7.91. The van der Waals surface area contributed by atoms with Crippen molar-refractivity contribution in [2.24, 2.45) is 5.73 Å². The first-order valence-electron chi connectivity index (χ1n) is 6.63. The molecular formula is C12H26N2O2S. The van der Waals surface area contributed by atoms with Crippen molar-refractivity contribution >= 4 is 9.84 Å². The van der Waals surface area contributed by atoms with E-state index in [2.05, 4.69) is 5.32 Å². The van der Waals surface area contributed by atoms with Crippen LogP contribution < -0.4 is 11.1 Å². The van der Waals surface area contributed by atoms with Gasteiger partial charge in [-0.2, -0.15) is 0 Å². The van der Waals surface area contributed by atoms with Crippen molar-refractivity contribution in [2.75, 3.05) is 24.6 Å². The molecule has 1 rings (SSSR count). The van der Waals surface area contributed by atoms with Gasteiger partial charge < -0.3 is 11.1 Å². The van der Waals surface area contributed by atoms with Gasteiger partial charge in [-0.15, -0.1) is 0 Å². The maximum Gasteiger partial charge on any atom is 0.152 e. The molecule has 0 bridgehead atoms. The average molecular weight is 262 g/mol. The standard InChI is InChI=1S/C12H26N2O2S/c1-12(7-10-17(15,16)11-12)14-9-6-4-2-3-5-8-13/h14H,2-11,13H2,1H3. The van der Waals surface area contributed by atoms with Gasteiger partial charge in [0.1, 0.15) is 0 Å². The summed E-state index contributed by atoms with van der Waals surface area (Å²) < 4.78 is 22.8. The summed E-state index contributed by atoms with van der Waals surface area (Å²) in [6, 6.07) is 0. The Balaban J connectivity index is 2.07. The number of nitrogens with two attached hydrogens (primary N) is 1. The van der Waals surface area contributed by atoms with E-state index < -0.39 is 9.84 Å². The largest absolute Gasteiger partial charge is 0.330 e. The van der Waals surface area contributed by atoms with Crippen LogP contribution in [0.25, 0.3) is 0 Å². The van der Waals surface area contributed by atoms with Gasteiger partial charge in [-0.3, -0.25) is 0 Å². The van der Waals surface area contributed by atoms with Crippen LogP contribution in [0.1, 0.15) is 45.4 Å². The summed E-state index contributed by atoms with van der Waals surface area (Å²) in [4.78, 5) is 0. The molecule has 0 aromatic rings. The fraction of sp³-hybridized carbons (Fsp3) is 1.00. The van der Waals surface area contributed by atoms with E-state index in [0.717, 1.165) is 32.4 Å². The van der Waals surface area contributed by atoms with Crippen molar-refractivity contribution in [2.45, 2.75) is 51.0 Å². The highest BCUT2D eigenvalue weighted by atomic mass is 32.2. The van der Waals surface area contributed by atoms with Crippen LogP contribution in [0.3, 0.4) is 0 Å². The maximum absolute atomic E-state index is 11.4. The molecule has 1 fully saturated rings. The molecule has 0 radical (unpaired) electrons. The summed E-state index contributed by atoms with van der Waals surface area (Å²) in [6.07, 6.45) is 6.64. The van der Waals surface area contributed by atoms with Gasteiger partial charge in [0.25, 0.3) is 0 Å². The Morgan fingerprint density at radius 1 is 1.18 bits per heavy atom. The average Bonchev–Trinajstić information content (AvgIpc) is 2.52. The summed E-state index contributed by atoms with van der Waals surface area (Å²) in [7, 11) is -2.79. The maximum atomic E-state index is 11.4. The van der Waals surface area contributed by atoms with Crippen molar-refractivity contribution in [3.8, 4) is 0 Å². The molecule has 0 saturated carbocycles.